The Morgan fingerprint density at radius 2 is 1.62 bits per heavy atom. The molecule has 0 saturated heterocycles. The lowest BCUT2D eigenvalue weighted by Crippen LogP contribution is -2.00. The molecule has 0 aliphatic heterocycles. The number of aliphatic carboxylic acids is 1. The predicted octanol–water partition coefficient (Wildman–Crippen LogP) is 5.33. The van der Waals surface area contributed by atoms with E-state index in [0.29, 0.717) is 5.02 Å². The van der Waals surface area contributed by atoms with Crippen LogP contribution in [0.2, 0.25) is 5.02 Å². The second-order valence-electron chi connectivity index (χ2n) is 5.62. The van der Waals surface area contributed by atoms with Crippen molar-refractivity contribution in [3.63, 3.8) is 0 Å². The molecule has 0 saturated carbocycles. The van der Waals surface area contributed by atoms with Gasteiger partial charge in [0.05, 0.1) is 5.57 Å². The van der Waals surface area contributed by atoms with Crippen LogP contribution >= 0.6 is 11.6 Å². The summed E-state index contributed by atoms with van der Waals surface area (Å²) >= 11 is 5.99. The molecule has 0 aliphatic rings. The van der Waals surface area contributed by atoms with Gasteiger partial charge in [-0.2, -0.15) is 0 Å². The Balaban J connectivity index is 2.14. The number of carboxylic acid groups (broad SMARTS) is 1. The van der Waals surface area contributed by atoms with Gasteiger partial charge in [-0.1, -0.05) is 60.1 Å². The van der Waals surface area contributed by atoms with Crippen LogP contribution in [0.15, 0.2) is 90.8 Å². The van der Waals surface area contributed by atoms with E-state index in [1.54, 1.807) is 42.7 Å². The minimum Gasteiger partial charge on any atom is -0.478 e. The van der Waals surface area contributed by atoms with Gasteiger partial charge >= 0.3 is 5.97 Å². The van der Waals surface area contributed by atoms with Gasteiger partial charge in [0.2, 0.25) is 0 Å². The van der Waals surface area contributed by atoms with Crippen molar-refractivity contribution >= 4 is 29.2 Å². The third-order valence-electron chi connectivity index (χ3n) is 3.79. The molecule has 3 rings (SSSR count). The lowest BCUT2D eigenvalue weighted by Gasteiger charge is -2.10. The van der Waals surface area contributed by atoms with Gasteiger partial charge in [0.1, 0.15) is 0 Å². The molecule has 1 heterocycles. The van der Waals surface area contributed by atoms with Crippen LogP contribution in [0, 0.1) is 0 Å². The van der Waals surface area contributed by atoms with Gasteiger partial charge in [0.15, 0.2) is 0 Å². The molecule has 3 nitrogen and oxygen atoms in total. The third-order valence-corrected chi connectivity index (χ3v) is 4.05. The van der Waals surface area contributed by atoms with Crippen LogP contribution < -0.4 is 0 Å². The number of halogens is 1. The molecule has 0 bridgehead atoms. The van der Waals surface area contributed by atoms with Crippen molar-refractivity contribution in [2.24, 2.45) is 0 Å². The monoisotopic (exact) mass is 361 g/mol. The van der Waals surface area contributed by atoms with Crippen LogP contribution in [-0.2, 0) is 4.79 Å². The highest BCUT2D eigenvalue weighted by molar-refractivity contribution is 6.30. The Hall–Kier alpha value is -3.17. The number of nitrogens with zero attached hydrogens (tertiary/aromatic N) is 1. The molecule has 1 N–H and O–H groups in total. The van der Waals surface area contributed by atoms with E-state index >= 15 is 0 Å². The molecule has 2 aromatic carbocycles. The summed E-state index contributed by atoms with van der Waals surface area (Å²) < 4.78 is 0. The van der Waals surface area contributed by atoms with E-state index < -0.39 is 5.97 Å². The van der Waals surface area contributed by atoms with E-state index in [1.807, 2.05) is 48.5 Å². The van der Waals surface area contributed by atoms with Gasteiger partial charge in [-0.3, -0.25) is 4.98 Å². The first kappa shape index (κ1) is 17.6. The van der Waals surface area contributed by atoms with Crippen molar-refractivity contribution in [2.75, 3.05) is 0 Å². The second kappa shape index (κ2) is 8.28. The van der Waals surface area contributed by atoms with E-state index in [0.717, 1.165) is 22.3 Å². The molecule has 3 aromatic rings. The summed E-state index contributed by atoms with van der Waals surface area (Å²) in [7, 11) is 0. The van der Waals surface area contributed by atoms with Crippen LogP contribution in [0.3, 0.4) is 0 Å². The van der Waals surface area contributed by atoms with Crippen LogP contribution in [0.25, 0.3) is 11.6 Å². The molecule has 26 heavy (non-hydrogen) atoms. The van der Waals surface area contributed by atoms with Gasteiger partial charge in [-0.25, -0.2) is 4.79 Å². The van der Waals surface area contributed by atoms with Gasteiger partial charge < -0.3 is 5.11 Å². The molecule has 0 amide bonds. The molecule has 4 heteroatoms. The maximum atomic E-state index is 11.8. The van der Waals surface area contributed by atoms with E-state index in [4.69, 9.17) is 11.6 Å². The Bertz CT molecular complexity index is 946. The lowest BCUT2D eigenvalue weighted by molar-refractivity contribution is -0.132. The smallest absolute Gasteiger partial charge is 0.335 e. The van der Waals surface area contributed by atoms with Crippen LogP contribution in [-0.4, -0.2) is 16.1 Å². The number of aromatic nitrogens is 1. The zero-order chi connectivity index (χ0) is 18.4. The largest absolute Gasteiger partial charge is 0.478 e. The average Bonchev–Trinajstić information content (AvgIpc) is 2.67. The van der Waals surface area contributed by atoms with Gasteiger partial charge in [0.25, 0.3) is 0 Å². The number of benzene rings is 2. The van der Waals surface area contributed by atoms with Gasteiger partial charge in [-0.05, 0) is 52.6 Å². The molecule has 0 radical (unpaired) electrons. The molecular formula is C22H16ClNO2. The fraction of sp³-hybridized carbons (Fsp3) is 0. The van der Waals surface area contributed by atoms with Crippen molar-refractivity contribution in [1.29, 1.82) is 0 Å². The number of carboxylic acids is 1. The van der Waals surface area contributed by atoms with Crippen LogP contribution in [0.5, 0.6) is 0 Å². The Morgan fingerprint density at radius 3 is 2.23 bits per heavy atom. The number of hydrogen-bond donors (Lipinski definition) is 1. The predicted molar refractivity (Wildman–Crippen MR) is 105 cm³/mol. The fourth-order valence-corrected chi connectivity index (χ4v) is 2.67. The highest BCUT2D eigenvalue weighted by Crippen LogP contribution is 2.27. The normalized spacial score (nSPS) is 12.0. The highest BCUT2D eigenvalue weighted by atomic mass is 35.5. The van der Waals surface area contributed by atoms with Crippen molar-refractivity contribution < 1.29 is 9.90 Å². The first-order chi connectivity index (χ1) is 12.6. The Morgan fingerprint density at radius 1 is 0.923 bits per heavy atom. The first-order valence-electron chi connectivity index (χ1n) is 8.01. The maximum Gasteiger partial charge on any atom is 0.335 e. The molecule has 1 aromatic heterocycles. The zero-order valence-electron chi connectivity index (χ0n) is 13.8. The summed E-state index contributed by atoms with van der Waals surface area (Å²) in [5.74, 6) is -1.00. The highest BCUT2D eigenvalue weighted by Gasteiger charge is 2.10. The molecule has 0 atom stereocenters. The average molecular weight is 362 g/mol. The molecule has 0 unspecified atom stereocenters. The van der Waals surface area contributed by atoms with Gasteiger partial charge in [-0.15, -0.1) is 0 Å². The second-order valence-corrected chi connectivity index (χ2v) is 6.06. The summed E-state index contributed by atoms with van der Waals surface area (Å²) in [5, 5.41) is 10.3. The van der Waals surface area contributed by atoms with Crippen molar-refractivity contribution in [2.45, 2.75) is 0 Å². The summed E-state index contributed by atoms with van der Waals surface area (Å²) in [5.41, 5.74) is 3.52. The summed E-state index contributed by atoms with van der Waals surface area (Å²) in [6.07, 6.45) is 6.56. The summed E-state index contributed by atoms with van der Waals surface area (Å²) in [6.45, 7) is 0. The molecule has 0 aliphatic carbocycles. The minimum absolute atomic E-state index is 0.173. The number of rotatable bonds is 5. The minimum atomic E-state index is -1.00. The first-order valence-corrected chi connectivity index (χ1v) is 8.39. The molecule has 0 spiro atoms. The van der Waals surface area contributed by atoms with E-state index in [2.05, 4.69) is 4.98 Å². The summed E-state index contributed by atoms with van der Waals surface area (Å²) in [6, 6.07) is 20.6. The van der Waals surface area contributed by atoms with Crippen molar-refractivity contribution in [3.8, 4) is 0 Å². The van der Waals surface area contributed by atoms with E-state index in [9.17, 15) is 9.90 Å². The number of carbonyl (C=O) groups is 1. The summed E-state index contributed by atoms with van der Waals surface area (Å²) in [4.78, 5) is 15.8. The van der Waals surface area contributed by atoms with E-state index in [1.165, 1.54) is 0 Å². The van der Waals surface area contributed by atoms with Crippen LogP contribution in [0.1, 0.15) is 16.7 Å². The fourth-order valence-electron chi connectivity index (χ4n) is 2.54. The van der Waals surface area contributed by atoms with Crippen LogP contribution in [0.4, 0.5) is 0 Å². The number of pyridine rings is 1. The topological polar surface area (TPSA) is 50.2 Å². The lowest BCUT2D eigenvalue weighted by atomic mass is 9.95. The van der Waals surface area contributed by atoms with E-state index in [-0.39, 0.29) is 5.57 Å². The maximum absolute atomic E-state index is 11.8. The van der Waals surface area contributed by atoms with Crippen molar-refractivity contribution in [3.05, 3.63) is 112 Å². The quantitative estimate of drug-likeness (QED) is 0.493. The zero-order valence-corrected chi connectivity index (χ0v) is 14.6. The number of hydrogen-bond acceptors (Lipinski definition) is 2. The molecular weight excluding hydrogens is 346 g/mol. The molecule has 0 fully saturated rings. The molecule has 128 valence electrons. The third kappa shape index (κ3) is 4.47. The van der Waals surface area contributed by atoms with Crippen molar-refractivity contribution in [1.82, 2.24) is 4.98 Å². The Kier molecular flexibility index (Phi) is 5.62. The standard InChI is InChI=1S/C22H16ClNO2/c23-20-10-8-18(9-11-20)21(17-6-2-1-3-7-17)14-19(22(25)26)13-16-5-4-12-24-15-16/h1-15H,(H,25,26)/b19-13+,21-14-. The SMILES string of the molecule is O=C(O)C(/C=C(/c1ccccc1)c1ccc(Cl)cc1)=C/c1cccnc1. The van der Waals surface area contributed by atoms with Gasteiger partial charge in [0, 0.05) is 17.4 Å². The Labute approximate surface area is 156 Å².